The van der Waals surface area contributed by atoms with Gasteiger partial charge in [-0.25, -0.2) is 4.79 Å². The highest BCUT2D eigenvalue weighted by Gasteiger charge is 2.07. The molecule has 3 nitrogen and oxygen atoms in total. The van der Waals surface area contributed by atoms with Crippen LogP contribution in [0.1, 0.15) is 0 Å². The van der Waals surface area contributed by atoms with Crippen LogP contribution in [0.4, 0.5) is 16.2 Å². The monoisotopic (exact) mass is 294 g/mol. The number of hydrogen-bond donors (Lipinski definition) is 3. The normalized spacial score (nSPS) is 10.3. The van der Waals surface area contributed by atoms with Crippen LogP contribution in [0.5, 0.6) is 0 Å². The Kier molecular flexibility index (Phi) is 3.79. The number of benzene rings is 3. The highest BCUT2D eigenvalue weighted by Crippen LogP contribution is 2.24. The van der Waals surface area contributed by atoms with Crippen LogP contribution in [0.3, 0.4) is 0 Å². The molecule has 4 heteroatoms. The molecule has 3 aromatic rings. The zero-order valence-corrected chi connectivity index (χ0v) is 12.1. The summed E-state index contributed by atoms with van der Waals surface area (Å²) in [7, 11) is 0. The third-order valence-corrected chi connectivity index (χ3v) is 3.58. The Labute approximate surface area is 128 Å². The van der Waals surface area contributed by atoms with Gasteiger partial charge < -0.3 is 10.6 Å². The topological polar surface area (TPSA) is 41.1 Å². The molecule has 2 N–H and O–H groups in total. The molecule has 0 heterocycles. The van der Waals surface area contributed by atoms with E-state index in [4.69, 9.17) is 0 Å². The van der Waals surface area contributed by atoms with Crippen molar-refractivity contribution >= 4 is 40.8 Å². The molecule has 0 spiro atoms. The summed E-state index contributed by atoms with van der Waals surface area (Å²) in [6, 6.07) is 20.8. The Hall–Kier alpha value is -2.46. The van der Waals surface area contributed by atoms with Gasteiger partial charge in [0.2, 0.25) is 0 Å². The van der Waals surface area contributed by atoms with Crippen LogP contribution in [-0.4, -0.2) is 6.03 Å². The van der Waals surface area contributed by atoms with Crippen molar-refractivity contribution in [3.63, 3.8) is 0 Å². The fraction of sp³-hybridized carbons (Fsp3) is 0. The van der Waals surface area contributed by atoms with E-state index in [-0.39, 0.29) is 6.03 Å². The van der Waals surface area contributed by atoms with E-state index >= 15 is 0 Å². The van der Waals surface area contributed by atoms with E-state index in [0.717, 1.165) is 21.4 Å². The number of amides is 2. The van der Waals surface area contributed by atoms with Gasteiger partial charge in [0, 0.05) is 10.3 Å². The summed E-state index contributed by atoms with van der Waals surface area (Å²) in [5, 5.41) is 7.77. The van der Waals surface area contributed by atoms with E-state index in [1.54, 1.807) is 0 Å². The zero-order chi connectivity index (χ0) is 14.7. The molecule has 0 unspecified atom stereocenters. The summed E-state index contributed by atoms with van der Waals surface area (Å²) in [6.07, 6.45) is 0. The van der Waals surface area contributed by atoms with Gasteiger partial charge in [-0.1, -0.05) is 48.5 Å². The number of carbonyl (C=O) groups excluding carboxylic acids is 1. The first-order chi connectivity index (χ1) is 10.2. The van der Waals surface area contributed by atoms with Crippen molar-refractivity contribution < 1.29 is 4.79 Å². The van der Waals surface area contributed by atoms with E-state index in [9.17, 15) is 4.79 Å². The molecule has 3 rings (SSSR count). The number of nitrogens with one attached hydrogen (secondary N) is 2. The van der Waals surface area contributed by atoms with Crippen LogP contribution in [0.25, 0.3) is 10.8 Å². The summed E-state index contributed by atoms with van der Waals surface area (Å²) in [6.45, 7) is 0. The fourth-order valence-corrected chi connectivity index (χ4v) is 2.41. The second-order valence-corrected chi connectivity index (χ2v) is 5.10. The number of rotatable bonds is 2. The first-order valence-electron chi connectivity index (χ1n) is 6.58. The molecule has 3 aromatic carbocycles. The minimum absolute atomic E-state index is 0.284. The van der Waals surface area contributed by atoms with Crippen molar-refractivity contribution in [2.24, 2.45) is 0 Å². The molecular weight excluding hydrogens is 280 g/mol. The number of anilines is 2. The van der Waals surface area contributed by atoms with E-state index < -0.39 is 0 Å². The van der Waals surface area contributed by atoms with Gasteiger partial charge in [-0.05, 0) is 23.6 Å². The summed E-state index contributed by atoms with van der Waals surface area (Å²) < 4.78 is 0. The van der Waals surface area contributed by atoms with Gasteiger partial charge in [0.05, 0.1) is 11.4 Å². The summed E-state index contributed by atoms with van der Waals surface area (Å²) in [5.74, 6) is 0. The van der Waals surface area contributed by atoms with Gasteiger partial charge in [0.25, 0.3) is 0 Å². The minimum atomic E-state index is -0.284. The first-order valence-corrected chi connectivity index (χ1v) is 7.02. The third kappa shape index (κ3) is 3.01. The number of urea groups is 1. The predicted molar refractivity (Wildman–Crippen MR) is 90.3 cm³/mol. The van der Waals surface area contributed by atoms with Crippen molar-refractivity contribution in [3.8, 4) is 0 Å². The smallest absolute Gasteiger partial charge is 0.307 e. The molecule has 0 aromatic heterocycles. The summed E-state index contributed by atoms with van der Waals surface area (Å²) in [5.41, 5.74) is 1.46. The van der Waals surface area contributed by atoms with Crippen LogP contribution in [0.2, 0.25) is 0 Å². The molecule has 0 aliphatic carbocycles. The van der Waals surface area contributed by atoms with Crippen LogP contribution in [0.15, 0.2) is 71.6 Å². The van der Waals surface area contributed by atoms with Crippen molar-refractivity contribution in [3.05, 3.63) is 66.7 Å². The third-order valence-electron chi connectivity index (χ3n) is 3.19. The second-order valence-electron chi connectivity index (χ2n) is 4.62. The fourth-order valence-electron chi connectivity index (χ4n) is 2.19. The largest absolute Gasteiger partial charge is 0.323 e. The zero-order valence-electron chi connectivity index (χ0n) is 11.2. The Morgan fingerprint density at radius 2 is 1.38 bits per heavy atom. The molecule has 0 bridgehead atoms. The van der Waals surface area contributed by atoms with E-state index in [2.05, 4.69) is 23.3 Å². The molecule has 0 fully saturated rings. The lowest BCUT2D eigenvalue weighted by Gasteiger charge is -2.11. The first kappa shape index (κ1) is 13.5. The minimum Gasteiger partial charge on any atom is -0.307 e. The molecule has 0 saturated heterocycles. The van der Waals surface area contributed by atoms with Crippen LogP contribution < -0.4 is 10.6 Å². The molecule has 0 aliphatic rings. The van der Waals surface area contributed by atoms with Crippen molar-refractivity contribution in [1.29, 1.82) is 0 Å². The van der Waals surface area contributed by atoms with Crippen LogP contribution in [0, 0.1) is 0 Å². The molecule has 0 aliphatic heterocycles. The van der Waals surface area contributed by atoms with E-state index in [1.807, 2.05) is 66.7 Å². The van der Waals surface area contributed by atoms with E-state index in [0.29, 0.717) is 5.69 Å². The molecule has 2 amide bonds. The molecular formula is C17H14N2OS. The molecule has 0 atom stereocenters. The lowest BCUT2D eigenvalue weighted by atomic mass is 10.1. The summed E-state index contributed by atoms with van der Waals surface area (Å²) in [4.78, 5) is 12.8. The maximum absolute atomic E-state index is 12.1. The van der Waals surface area contributed by atoms with Crippen molar-refractivity contribution in [2.75, 3.05) is 10.6 Å². The number of thiol groups is 1. The van der Waals surface area contributed by atoms with E-state index in [1.165, 1.54) is 0 Å². The molecule has 0 radical (unpaired) electrons. The lowest BCUT2D eigenvalue weighted by Crippen LogP contribution is -2.19. The predicted octanol–water partition coefficient (Wildman–Crippen LogP) is 4.77. The average Bonchev–Trinajstić information content (AvgIpc) is 2.50. The standard InChI is InChI=1S/C17H14N2OS/c20-17(19-15-9-3-4-11-16(15)21)18-14-10-5-7-12-6-1-2-8-13(12)14/h1-11,21H,(H2,18,19,20). The van der Waals surface area contributed by atoms with Crippen LogP contribution in [-0.2, 0) is 0 Å². The second kappa shape index (κ2) is 5.89. The van der Waals surface area contributed by atoms with Crippen molar-refractivity contribution in [1.82, 2.24) is 0 Å². The quantitative estimate of drug-likeness (QED) is 0.585. The Bertz CT molecular complexity index is 796. The lowest BCUT2D eigenvalue weighted by molar-refractivity contribution is 0.262. The molecule has 104 valence electrons. The summed E-state index contributed by atoms with van der Waals surface area (Å²) >= 11 is 4.32. The van der Waals surface area contributed by atoms with Crippen LogP contribution >= 0.6 is 12.6 Å². The SMILES string of the molecule is O=C(Nc1ccccc1S)Nc1cccc2ccccc12. The number of fused-ring (bicyclic) bond motifs is 1. The maximum atomic E-state index is 12.1. The van der Waals surface area contributed by atoms with Gasteiger partial charge in [-0.15, -0.1) is 12.6 Å². The Balaban J connectivity index is 1.82. The number of carbonyl (C=O) groups is 1. The highest BCUT2D eigenvalue weighted by atomic mass is 32.1. The van der Waals surface area contributed by atoms with Crippen molar-refractivity contribution in [2.45, 2.75) is 4.90 Å². The van der Waals surface area contributed by atoms with Gasteiger partial charge in [-0.3, -0.25) is 0 Å². The van der Waals surface area contributed by atoms with Gasteiger partial charge in [0.1, 0.15) is 0 Å². The number of para-hydroxylation sites is 1. The Morgan fingerprint density at radius 3 is 2.24 bits per heavy atom. The molecule has 0 saturated carbocycles. The van der Waals surface area contributed by atoms with Gasteiger partial charge in [0.15, 0.2) is 0 Å². The highest BCUT2D eigenvalue weighted by molar-refractivity contribution is 7.80. The maximum Gasteiger partial charge on any atom is 0.323 e. The average molecular weight is 294 g/mol. The van der Waals surface area contributed by atoms with Gasteiger partial charge >= 0.3 is 6.03 Å². The molecule has 21 heavy (non-hydrogen) atoms. The number of hydrogen-bond acceptors (Lipinski definition) is 2. The van der Waals surface area contributed by atoms with Gasteiger partial charge in [-0.2, -0.15) is 0 Å². The Morgan fingerprint density at radius 1 is 0.762 bits per heavy atom.